The summed E-state index contributed by atoms with van der Waals surface area (Å²) < 4.78 is 31.7. The van der Waals surface area contributed by atoms with Crippen molar-refractivity contribution < 1.29 is 27.9 Å². The maximum atomic E-state index is 12.7. The van der Waals surface area contributed by atoms with E-state index in [0.717, 1.165) is 9.87 Å². The molecule has 0 heterocycles. The molecule has 3 rings (SSSR count). The first kappa shape index (κ1) is 26.9. The molecule has 0 aliphatic heterocycles. The number of ether oxygens (including phenoxy) is 1. The van der Waals surface area contributed by atoms with Gasteiger partial charge in [0, 0.05) is 25.7 Å². The van der Waals surface area contributed by atoms with Gasteiger partial charge in [-0.15, -0.1) is 0 Å². The van der Waals surface area contributed by atoms with Crippen LogP contribution in [0.4, 0.5) is 5.69 Å². The van der Waals surface area contributed by atoms with Crippen molar-refractivity contribution >= 4 is 38.9 Å². The van der Waals surface area contributed by atoms with E-state index in [9.17, 15) is 23.1 Å². The number of hydrogen-bond donors (Lipinski definition) is 3. The molecular weight excluding hydrogens is 494 g/mol. The monoisotopic (exact) mass is 523 g/mol. The highest BCUT2D eigenvalue weighted by atomic mass is 35.5. The van der Waals surface area contributed by atoms with Crippen LogP contribution in [-0.4, -0.2) is 62.7 Å². The number of anilines is 1. The average Bonchev–Trinajstić information content (AvgIpc) is 2.78. The number of sulfonamides is 1. The molecule has 3 unspecified atom stereocenters. The molecule has 0 bridgehead atoms. The molecule has 1 aliphatic rings. The molecule has 11 heteroatoms. The summed E-state index contributed by atoms with van der Waals surface area (Å²) in [6, 6.07) is 7.77. The summed E-state index contributed by atoms with van der Waals surface area (Å²) in [6.45, 7) is 5.98. The van der Waals surface area contributed by atoms with Crippen LogP contribution in [0.2, 0.25) is 5.02 Å². The highest BCUT2D eigenvalue weighted by Crippen LogP contribution is 2.41. The first-order chi connectivity index (χ1) is 16.2. The Kier molecular flexibility index (Phi) is 7.52. The Morgan fingerprint density at radius 1 is 1.06 bits per heavy atom. The lowest BCUT2D eigenvalue weighted by Gasteiger charge is -2.41. The third-order valence-corrected chi connectivity index (χ3v) is 8.25. The number of para-hydroxylation sites is 1. The van der Waals surface area contributed by atoms with Gasteiger partial charge in [-0.2, -0.15) is 0 Å². The Morgan fingerprint density at radius 2 is 1.66 bits per heavy atom. The molecular formula is C24H30ClN3O6S. The SMILES string of the molecule is COc1ccccc1C(NC1C(=O)C(=O)C1Nc1ccc(Cl)c(S(=O)(=O)N(C)C)c1O)C(C)(C)C. The largest absolute Gasteiger partial charge is 0.504 e. The normalized spacial score (nSPS) is 19.4. The molecule has 35 heavy (non-hydrogen) atoms. The second-order valence-corrected chi connectivity index (χ2v) is 12.1. The quantitative estimate of drug-likeness (QED) is 0.356. The van der Waals surface area contributed by atoms with Gasteiger partial charge in [-0.1, -0.05) is 50.6 Å². The third-order valence-electron chi connectivity index (χ3n) is 5.94. The van der Waals surface area contributed by atoms with Crippen molar-refractivity contribution in [3.05, 3.63) is 47.0 Å². The van der Waals surface area contributed by atoms with Gasteiger partial charge < -0.3 is 15.2 Å². The van der Waals surface area contributed by atoms with Crippen molar-refractivity contribution in [2.45, 2.75) is 43.8 Å². The predicted molar refractivity (Wildman–Crippen MR) is 134 cm³/mol. The molecule has 0 radical (unpaired) electrons. The lowest BCUT2D eigenvalue weighted by molar-refractivity contribution is -0.146. The molecule has 2 aromatic rings. The number of phenols is 1. The second-order valence-electron chi connectivity index (χ2n) is 9.60. The predicted octanol–water partition coefficient (Wildman–Crippen LogP) is 2.98. The second kappa shape index (κ2) is 9.77. The third kappa shape index (κ3) is 5.02. The first-order valence-corrected chi connectivity index (χ1v) is 12.7. The summed E-state index contributed by atoms with van der Waals surface area (Å²) in [7, 11) is 0.103. The molecule has 0 spiro atoms. The maximum absolute atomic E-state index is 12.7. The number of carbonyl (C=O) groups is 2. The Balaban J connectivity index is 1.96. The Bertz CT molecular complexity index is 1260. The fourth-order valence-electron chi connectivity index (χ4n) is 3.98. The lowest BCUT2D eigenvalue weighted by Crippen LogP contribution is -2.68. The van der Waals surface area contributed by atoms with E-state index in [0.29, 0.717) is 5.75 Å². The zero-order valence-electron chi connectivity index (χ0n) is 20.4. The molecule has 3 atom stereocenters. The number of methoxy groups -OCH3 is 1. The number of Topliss-reactive ketones (excluding diaryl/α,β-unsaturated/α-hetero) is 2. The van der Waals surface area contributed by atoms with Crippen LogP contribution in [0.25, 0.3) is 0 Å². The highest BCUT2D eigenvalue weighted by molar-refractivity contribution is 7.89. The summed E-state index contributed by atoms with van der Waals surface area (Å²) in [5.41, 5.74) is 0.423. The number of rotatable bonds is 8. The van der Waals surface area contributed by atoms with Crippen molar-refractivity contribution in [3.63, 3.8) is 0 Å². The Labute approximate surface area is 210 Å². The van der Waals surface area contributed by atoms with Crippen LogP contribution in [0.3, 0.4) is 0 Å². The molecule has 2 aromatic carbocycles. The molecule has 0 aromatic heterocycles. The minimum absolute atomic E-state index is 0.0305. The molecule has 0 saturated heterocycles. The van der Waals surface area contributed by atoms with Crippen molar-refractivity contribution in [2.24, 2.45) is 5.41 Å². The highest BCUT2D eigenvalue weighted by Gasteiger charge is 2.51. The Morgan fingerprint density at radius 3 is 2.23 bits per heavy atom. The fraction of sp³-hybridized carbons (Fsp3) is 0.417. The standard InChI is InChI=1S/C24H30ClN3O6S/c1-24(2,3)23(13-9-7-8-10-16(13)34-6)27-18-17(20(30)21(18)31)26-15-12-11-14(25)22(19(15)29)35(32,33)28(4)5/h7-12,17-18,23,26-27,29H,1-6H3. The Hall–Kier alpha value is -2.66. The van der Waals surface area contributed by atoms with Crippen LogP contribution in [0.1, 0.15) is 32.4 Å². The van der Waals surface area contributed by atoms with Crippen LogP contribution in [-0.2, 0) is 19.6 Å². The van der Waals surface area contributed by atoms with Crippen molar-refractivity contribution in [2.75, 3.05) is 26.5 Å². The van der Waals surface area contributed by atoms with Crippen LogP contribution >= 0.6 is 11.6 Å². The van der Waals surface area contributed by atoms with Crippen molar-refractivity contribution in [1.29, 1.82) is 0 Å². The average molecular weight is 524 g/mol. The zero-order chi connectivity index (χ0) is 26.3. The van der Waals surface area contributed by atoms with Gasteiger partial charge in [0.05, 0.1) is 17.8 Å². The van der Waals surface area contributed by atoms with Gasteiger partial charge in [-0.3, -0.25) is 14.9 Å². The van der Waals surface area contributed by atoms with E-state index >= 15 is 0 Å². The van der Waals surface area contributed by atoms with E-state index in [2.05, 4.69) is 10.6 Å². The smallest absolute Gasteiger partial charge is 0.247 e. The molecule has 9 nitrogen and oxygen atoms in total. The number of nitrogens with one attached hydrogen (secondary N) is 2. The molecule has 1 fully saturated rings. The van der Waals surface area contributed by atoms with Gasteiger partial charge in [0.2, 0.25) is 21.6 Å². The molecule has 3 N–H and O–H groups in total. The minimum Gasteiger partial charge on any atom is -0.504 e. The number of halogens is 1. The number of phenolic OH excluding ortho intramolecular Hbond substituents is 1. The molecule has 190 valence electrons. The fourth-order valence-corrected chi connectivity index (χ4v) is 5.46. The number of benzene rings is 2. The van der Waals surface area contributed by atoms with E-state index in [1.165, 1.54) is 26.2 Å². The first-order valence-electron chi connectivity index (χ1n) is 10.9. The number of aromatic hydroxyl groups is 1. The number of nitrogens with zero attached hydrogens (tertiary/aromatic N) is 1. The topological polar surface area (TPSA) is 125 Å². The van der Waals surface area contributed by atoms with E-state index < -0.39 is 44.3 Å². The van der Waals surface area contributed by atoms with Crippen molar-refractivity contribution in [3.8, 4) is 11.5 Å². The minimum atomic E-state index is -4.08. The summed E-state index contributed by atoms with van der Waals surface area (Å²) in [5, 5.41) is 16.7. The molecule has 0 amide bonds. The van der Waals surface area contributed by atoms with Gasteiger partial charge in [0.25, 0.3) is 0 Å². The van der Waals surface area contributed by atoms with E-state index in [1.54, 1.807) is 7.11 Å². The summed E-state index contributed by atoms with van der Waals surface area (Å²) >= 11 is 6.07. The summed E-state index contributed by atoms with van der Waals surface area (Å²) in [4.78, 5) is 24.6. The van der Waals surface area contributed by atoms with E-state index in [4.69, 9.17) is 16.3 Å². The lowest BCUT2D eigenvalue weighted by atomic mass is 9.77. The van der Waals surface area contributed by atoms with Crippen LogP contribution in [0.15, 0.2) is 41.3 Å². The van der Waals surface area contributed by atoms with Gasteiger partial charge in [0.1, 0.15) is 22.7 Å². The molecule has 1 saturated carbocycles. The van der Waals surface area contributed by atoms with Crippen LogP contribution in [0, 0.1) is 5.41 Å². The van der Waals surface area contributed by atoms with Gasteiger partial charge in [0.15, 0.2) is 5.75 Å². The molecule has 1 aliphatic carbocycles. The number of carbonyl (C=O) groups excluding carboxylic acids is 2. The van der Waals surface area contributed by atoms with Crippen LogP contribution < -0.4 is 15.4 Å². The van der Waals surface area contributed by atoms with E-state index in [-0.39, 0.29) is 22.2 Å². The van der Waals surface area contributed by atoms with Gasteiger partial charge >= 0.3 is 0 Å². The summed E-state index contributed by atoms with van der Waals surface area (Å²) in [6.07, 6.45) is 0. The zero-order valence-corrected chi connectivity index (χ0v) is 22.0. The van der Waals surface area contributed by atoms with E-state index in [1.807, 2.05) is 45.0 Å². The van der Waals surface area contributed by atoms with Gasteiger partial charge in [-0.05, 0) is 23.6 Å². The van der Waals surface area contributed by atoms with Crippen LogP contribution in [0.5, 0.6) is 11.5 Å². The summed E-state index contributed by atoms with van der Waals surface area (Å²) in [5.74, 6) is -1.28. The number of ketones is 2. The van der Waals surface area contributed by atoms with Crippen molar-refractivity contribution in [1.82, 2.24) is 9.62 Å². The van der Waals surface area contributed by atoms with Gasteiger partial charge in [-0.25, -0.2) is 12.7 Å². The number of hydrogen-bond acceptors (Lipinski definition) is 8. The maximum Gasteiger partial charge on any atom is 0.247 e.